The first-order valence-electron chi connectivity index (χ1n) is 8.55. The van der Waals surface area contributed by atoms with Crippen LogP contribution in [-0.4, -0.2) is 16.2 Å². The molecule has 2 amide bonds. The number of carbonyl (C=O) groups is 1. The lowest BCUT2D eigenvalue weighted by molar-refractivity contribution is 0.262. The summed E-state index contributed by atoms with van der Waals surface area (Å²) < 4.78 is 11.1. The molecule has 0 bridgehead atoms. The van der Waals surface area contributed by atoms with Gasteiger partial charge in [0.2, 0.25) is 0 Å². The standard InChI is InChI=1S/C20H22N4O3/c1-13-12-21-9-8-16(13)26-15-7-5-6-14(10-15)22-19(25)23-18-11-17(27-24-18)20(2,3)4/h5-12H,1-4H3,(H2,22,23,24,25). The van der Waals surface area contributed by atoms with Gasteiger partial charge in [-0.2, -0.15) is 0 Å². The van der Waals surface area contributed by atoms with Crippen LogP contribution in [0.5, 0.6) is 11.5 Å². The summed E-state index contributed by atoms with van der Waals surface area (Å²) in [5, 5.41) is 9.28. The Bertz CT molecular complexity index is 944. The van der Waals surface area contributed by atoms with E-state index in [0.717, 1.165) is 5.56 Å². The van der Waals surface area contributed by atoms with E-state index >= 15 is 0 Å². The fraction of sp³-hybridized carbons (Fsp3) is 0.250. The second-order valence-electron chi connectivity index (χ2n) is 7.18. The van der Waals surface area contributed by atoms with Crippen molar-refractivity contribution in [2.45, 2.75) is 33.1 Å². The Balaban J connectivity index is 1.64. The number of hydrogen-bond acceptors (Lipinski definition) is 5. The Labute approximate surface area is 157 Å². The number of rotatable bonds is 4. The van der Waals surface area contributed by atoms with Gasteiger partial charge in [0.25, 0.3) is 0 Å². The van der Waals surface area contributed by atoms with E-state index in [4.69, 9.17) is 9.26 Å². The minimum atomic E-state index is -0.416. The first kappa shape index (κ1) is 18.4. The zero-order chi connectivity index (χ0) is 19.4. The van der Waals surface area contributed by atoms with Crippen LogP contribution in [0.4, 0.5) is 16.3 Å². The average Bonchev–Trinajstić information content (AvgIpc) is 3.06. The van der Waals surface area contributed by atoms with Crippen molar-refractivity contribution in [2.24, 2.45) is 0 Å². The highest BCUT2D eigenvalue weighted by atomic mass is 16.5. The summed E-state index contributed by atoms with van der Waals surface area (Å²) in [6, 6.07) is 10.2. The summed E-state index contributed by atoms with van der Waals surface area (Å²) in [5.41, 5.74) is 1.34. The number of nitrogens with one attached hydrogen (secondary N) is 2. The minimum absolute atomic E-state index is 0.180. The summed E-state index contributed by atoms with van der Waals surface area (Å²) in [7, 11) is 0. The fourth-order valence-corrected chi connectivity index (χ4v) is 2.31. The molecule has 0 radical (unpaired) electrons. The molecule has 1 aromatic carbocycles. The van der Waals surface area contributed by atoms with Gasteiger partial charge >= 0.3 is 6.03 Å². The maximum absolute atomic E-state index is 12.2. The van der Waals surface area contributed by atoms with Crippen LogP contribution in [0.15, 0.2) is 53.3 Å². The first-order chi connectivity index (χ1) is 12.8. The van der Waals surface area contributed by atoms with Crippen LogP contribution in [0.3, 0.4) is 0 Å². The first-order valence-corrected chi connectivity index (χ1v) is 8.55. The molecule has 7 heteroatoms. The second kappa shape index (κ2) is 7.49. The largest absolute Gasteiger partial charge is 0.457 e. The van der Waals surface area contributed by atoms with E-state index in [1.807, 2.05) is 33.8 Å². The van der Waals surface area contributed by atoms with E-state index in [-0.39, 0.29) is 5.41 Å². The van der Waals surface area contributed by atoms with Crippen LogP contribution in [0.2, 0.25) is 0 Å². The molecule has 0 aliphatic rings. The molecule has 0 unspecified atom stereocenters. The Morgan fingerprint density at radius 3 is 2.67 bits per heavy atom. The summed E-state index contributed by atoms with van der Waals surface area (Å²) in [4.78, 5) is 16.3. The molecule has 2 N–H and O–H groups in total. The number of amides is 2. The zero-order valence-electron chi connectivity index (χ0n) is 15.7. The van der Waals surface area contributed by atoms with Crippen molar-refractivity contribution in [3.05, 3.63) is 60.1 Å². The third kappa shape index (κ3) is 4.84. The molecule has 0 aliphatic carbocycles. The van der Waals surface area contributed by atoms with Crippen LogP contribution >= 0.6 is 0 Å². The Morgan fingerprint density at radius 2 is 1.96 bits per heavy atom. The van der Waals surface area contributed by atoms with Crippen molar-refractivity contribution in [3.63, 3.8) is 0 Å². The number of hydrogen-bond donors (Lipinski definition) is 2. The second-order valence-corrected chi connectivity index (χ2v) is 7.18. The van der Waals surface area contributed by atoms with E-state index in [9.17, 15) is 4.79 Å². The number of urea groups is 1. The SMILES string of the molecule is Cc1cnccc1Oc1cccc(NC(=O)Nc2cc(C(C)(C)C)on2)c1. The third-order valence-electron chi connectivity index (χ3n) is 3.78. The Hall–Kier alpha value is -3.35. The molecule has 0 saturated heterocycles. The van der Waals surface area contributed by atoms with Gasteiger partial charge in [-0.3, -0.25) is 10.3 Å². The normalized spacial score (nSPS) is 11.1. The molecule has 2 heterocycles. The topological polar surface area (TPSA) is 89.3 Å². The molecule has 0 spiro atoms. The monoisotopic (exact) mass is 366 g/mol. The predicted molar refractivity (Wildman–Crippen MR) is 103 cm³/mol. The van der Waals surface area contributed by atoms with Crippen molar-refractivity contribution in [1.82, 2.24) is 10.1 Å². The lowest BCUT2D eigenvalue weighted by atomic mass is 9.93. The zero-order valence-corrected chi connectivity index (χ0v) is 15.7. The number of aryl methyl sites for hydroxylation is 1. The van der Waals surface area contributed by atoms with Crippen LogP contribution in [0.1, 0.15) is 32.1 Å². The van der Waals surface area contributed by atoms with E-state index in [0.29, 0.717) is 28.8 Å². The number of nitrogens with zero attached hydrogens (tertiary/aromatic N) is 2. The predicted octanol–water partition coefficient (Wildman–Crippen LogP) is 5.11. The summed E-state index contributed by atoms with van der Waals surface area (Å²) in [6.45, 7) is 7.94. The third-order valence-corrected chi connectivity index (χ3v) is 3.78. The van der Waals surface area contributed by atoms with Crippen LogP contribution in [-0.2, 0) is 5.41 Å². The Kier molecular flexibility index (Phi) is 5.12. The van der Waals surface area contributed by atoms with E-state index in [2.05, 4.69) is 20.8 Å². The highest BCUT2D eigenvalue weighted by molar-refractivity contribution is 5.99. The molecule has 27 heavy (non-hydrogen) atoms. The average molecular weight is 366 g/mol. The van der Waals surface area contributed by atoms with Crippen LogP contribution in [0, 0.1) is 6.92 Å². The van der Waals surface area contributed by atoms with Gasteiger partial charge < -0.3 is 14.6 Å². The molecule has 0 aliphatic heterocycles. The molecule has 0 atom stereocenters. The van der Waals surface area contributed by atoms with Gasteiger partial charge in [-0.1, -0.05) is 32.0 Å². The van der Waals surface area contributed by atoms with Gasteiger partial charge in [-0.05, 0) is 25.1 Å². The fourth-order valence-electron chi connectivity index (χ4n) is 2.31. The van der Waals surface area contributed by atoms with Gasteiger partial charge in [-0.15, -0.1) is 0 Å². The van der Waals surface area contributed by atoms with Crippen LogP contribution < -0.4 is 15.4 Å². The molecule has 2 aromatic heterocycles. The minimum Gasteiger partial charge on any atom is -0.457 e. The maximum Gasteiger partial charge on any atom is 0.324 e. The number of aromatic nitrogens is 2. The highest BCUT2D eigenvalue weighted by Crippen LogP contribution is 2.27. The van der Waals surface area contributed by atoms with Crippen molar-refractivity contribution in [2.75, 3.05) is 10.6 Å². The summed E-state index contributed by atoms with van der Waals surface area (Å²) in [6.07, 6.45) is 3.40. The lowest BCUT2D eigenvalue weighted by Crippen LogP contribution is -2.19. The lowest BCUT2D eigenvalue weighted by Gasteiger charge is -2.12. The maximum atomic E-state index is 12.2. The van der Waals surface area contributed by atoms with Gasteiger partial charge in [0.1, 0.15) is 17.3 Å². The van der Waals surface area contributed by atoms with Gasteiger partial charge in [-0.25, -0.2) is 4.79 Å². The van der Waals surface area contributed by atoms with Crippen molar-refractivity contribution >= 4 is 17.5 Å². The number of benzene rings is 1. The molecular weight excluding hydrogens is 344 g/mol. The Morgan fingerprint density at radius 1 is 1.15 bits per heavy atom. The summed E-state index contributed by atoms with van der Waals surface area (Å²) >= 11 is 0. The number of pyridine rings is 1. The molecule has 7 nitrogen and oxygen atoms in total. The molecular formula is C20H22N4O3. The highest BCUT2D eigenvalue weighted by Gasteiger charge is 2.20. The van der Waals surface area contributed by atoms with E-state index in [1.165, 1.54) is 0 Å². The molecule has 3 rings (SSSR count). The smallest absolute Gasteiger partial charge is 0.324 e. The van der Waals surface area contributed by atoms with E-state index < -0.39 is 6.03 Å². The van der Waals surface area contributed by atoms with Gasteiger partial charge in [0.15, 0.2) is 5.82 Å². The molecule has 3 aromatic rings. The number of carbonyl (C=O) groups excluding carboxylic acids is 1. The van der Waals surface area contributed by atoms with Crippen LogP contribution in [0.25, 0.3) is 0 Å². The van der Waals surface area contributed by atoms with Gasteiger partial charge in [0, 0.05) is 41.2 Å². The summed E-state index contributed by atoms with van der Waals surface area (Å²) in [5.74, 6) is 2.38. The van der Waals surface area contributed by atoms with Crippen molar-refractivity contribution < 1.29 is 14.1 Å². The van der Waals surface area contributed by atoms with E-state index in [1.54, 1.807) is 42.7 Å². The van der Waals surface area contributed by atoms with Crippen molar-refractivity contribution in [3.8, 4) is 11.5 Å². The molecule has 140 valence electrons. The number of anilines is 2. The molecule has 0 fully saturated rings. The van der Waals surface area contributed by atoms with Gasteiger partial charge in [0.05, 0.1) is 0 Å². The quantitative estimate of drug-likeness (QED) is 0.669. The van der Waals surface area contributed by atoms with Crippen molar-refractivity contribution in [1.29, 1.82) is 0 Å². The number of ether oxygens (including phenoxy) is 1. The molecule has 0 saturated carbocycles.